The smallest absolute Gasteiger partial charge is 0.309 e. The summed E-state index contributed by atoms with van der Waals surface area (Å²) in [5.41, 5.74) is 1.64. The second kappa shape index (κ2) is 5.85. The molecule has 0 amide bonds. The third-order valence-electron chi connectivity index (χ3n) is 8.28. The van der Waals surface area contributed by atoms with Gasteiger partial charge in [0.2, 0.25) is 0 Å². The average molecular weight is 345 g/mol. The number of carbonyl (C=O) groups is 1. The highest BCUT2D eigenvalue weighted by Crippen LogP contribution is 2.64. The molecule has 7 atom stereocenters. The standard InChI is InChI=1S/C21H31NO3/c1-13-5-7-16-15(12-22-24-4)17(9-10-20(13,16)2)21(3)11-14-6-8-18(21)19(23)25-14/h12,14-18H,1,5-11H2,2-4H3/b22-12+/t14?,15-,16-,17-,18+,20+,21+/m0/s1. The molecule has 0 aromatic carbocycles. The first-order valence-corrected chi connectivity index (χ1v) is 9.85. The molecule has 0 N–H and O–H groups in total. The summed E-state index contributed by atoms with van der Waals surface area (Å²) in [7, 11) is 1.61. The first-order valence-electron chi connectivity index (χ1n) is 9.85. The average Bonchev–Trinajstić information content (AvgIpc) is 2.88. The van der Waals surface area contributed by atoms with Gasteiger partial charge >= 0.3 is 5.97 Å². The highest BCUT2D eigenvalue weighted by molar-refractivity contribution is 5.75. The van der Waals surface area contributed by atoms with Gasteiger partial charge in [-0.1, -0.05) is 31.2 Å². The minimum Gasteiger partial charge on any atom is -0.462 e. The SMILES string of the molecule is C=C1CC[C@H]2[C@H](/C=N/OC)[C@@H]([C@@]3(C)CC4CC[C@@H]3C(=O)O4)CC[C@]12C. The van der Waals surface area contributed by atoms with Gasteiger partial charge in [-0.25, -0.2) is 0 Å². The van der Waals surface area contributed by atoms with Gasteiger partial charge in [0.05, 0.1) is 5.92 Å². The van der Waals surface area contributed by atoms with Crippen molar-refractivity contribution in [1.82, 2.24) is 0 Å². The van der Waals surface area contributed by atoms with E-state index in [9.17, 15) is 4.79 Å². The van der Waals surface area contributed by atoms with E-state index in [4.69, 9.17) is 9.57 Å². The number of allylic oxidation sites excluding steroid dienone is 1. The zero-order valence-electron chi connectivity index (χ0n) is 15.8. The fourth-order valence-corrected chi connectivity index (χ4v) is 6.77. The molecule has 4 nitrogen and oxygen atoms in total. The maximum atomic E-state index is 12.5. The van der Waals surface area contributed by atoms with E-state index in [1.807, 2.05) is 6.21 Å². The lowest BCUT2D eigenvalue weighted by Crippen LogP contribution is -2.57. The summed E-state index contributed by atoms with van der Waals surface area (Å²) < 4.78 is 5.60. The summed E-state index contributed by atoms with van der Waals surface area (Å²) in [4.78, 5) is 17.5. The van der Waals surface area contributed by atoms with E-state index < -0.39 is 0 Å². The molecule has 2 heterocycles. The molecule has 0 spiro atoms. The van der Waals surface area contributed by atoms with Gasteiger partial charge in [-0.05, 0) is 67.6 Å². The van der Waals surface area contributed by atoms with E-state index in [0.29, 0.717) is 17.8 Å². The highest BCUT2D eigenvalue weighted by Gasteiger charge is 2.60. The predicted molar refractivity (Wildman–Crippen MR) is 97.0 cm³/mol. The molecular formula is C21H31NO3. The van der Waals surface area contributed by atoms with E-state index in [2.05, 4.69) is 25.6 Å². The summed E-state index contributed by atoms with van der Waals surface area (Å²) in [6.45, 7) is 9.11. The Morgan fingerprint density at radius 3 is 2.72 bits per heavy atom. The van der Waals surface area contributed by atoms with Crippen molar-refractivity contribution < 1.29 is 14.4 Å². The molecule has 25 heavy (non-hydrogen) atoms. The zero-order valence-corrected chi connectivity index (χ0v) is 15.8. The Labute approximate surface area is 151 Å². The summed E-state index contributed by atoms with van der Waals surface area (Å²) in [6, 6.07) is 0. The number of nitrogens with zero attached hydrogens (tertiary/aromatic N) is 1. The van der Waals surface area contributed by atoms with Gasteiger partial charge in [-0.15, -0.1) is 0 Å². The molecule has 4 heteroatoms. The van der Waals surface area contributed by atoms with Crippen molar-refractivity contribution in [1.29, 1.82) is 0 Å². The molecule has 5 fully saturated rings. The lowest BCUT2D eigenvalue weighted by Gasteiger charge is -2.57. The summed E-state index contributed by atoms with van der Waals surface area (Å²) in [5.74, 6) is 1.48. The van der Waals surface area contributed by atoms with Crippen LogP contribution in [-0.4, -0.2) is 25.4 Å². The van der Waals surface area contributed by atoms with Gasteiger partial charge in [0, 0.05) is 12.1 Å². The molecule has 0 aromatic rings. The van der Waals surface area contributed by atoms with Crippen LogP contribution in [0.2, 0.25) is 0 Å². The Kier molecular flexibility index (Phi) is 4.01. The molecule has 2 bridgehead atoms. The molecule has 2 saturated heterocycles. The molecule has 0 radical (unpaired) electrons. The summed E-state index contributed by atoms with van der Waals surface area (Å²) in [5, 5.41) is 4.20. The van der Waals surface area contributed by atoms with Gasteiger partial charge in [0.25, 0.3) is 0 Å². The van der Waals surface area contributed by atoms with E-state index in [0.717, 1.165) is 32.1 Å². The predicted octanol–water partition coefficient (Wildman–Crippen LogP) is 4.35. The van der Waals surface area contributed by atoms with Crippen LogP contribution >= 0.6 is 0 Å². The van der Waals surface area contributed by atoms with Crippen molar-refractivity contribution in [2.75, 3.05) is 7.11 Å². The zero-order chi connectivity index (χ0) is 17.8. The number of rotatable bonds is 3. The lowest BCUT2D eigenvalue weighted by molar-refractivity contribution is -0.194. The van der Waals surface area contributed by atoms with E-state index in [-0.39, 0.29) is 28.8 Å². The van der Waals surface area contributed by atoms with Crippen LogP contribution in [0.3, 0.4) is 0 Å². The second-order valence-corrected chi connectivity index (χ2v) is 9.22. The van der Waals surface area contributed by atoms with Crippen molar-refractivity contribution in [3.63, 3.8) is 0 Å². The molecular weight excluding hydrogens is 314 g/mol. The van der Waals surface area contributed by atoms with Crippen LogP contribution in [0.1, 0.15) is 58.8 Å². The number of carbonyl (C=O) groups excluding carboxylic acids is 1. The van der Waals surface area contributed by atoms with Crippen molar-refractivity contribution in [3.8, 4) is 0 Å². The van der Waals surface area contributed by atoms with Crippen LogP contribution in [0.5, 0.6) is 0 Å². The molecule has 3 saturated carbocycles. The van der Waals surface area contributed by atoms with Gasteiger partial charge in [0.1, 0.15) is 13.2 Å². The fraction of sp³-hybridized carbons (Fsp3) is 0.810. The Balaban J connectivity index is 1.70. The number of oxime groups is 1. The van der Waals surface area contributed by atoms with Crippen LogP contribution in [0.4, 0.5) is 0 Å². The monoisotopic (exact) mass is 345 g/mol. The minimum atomic E-state index is 0.0218. The molecule has 138 valence electrons. The number of fused-ring (bicyclic) bond motifs is 4. The van der Waals surface area contributed by atoms with Crippen LogP contribution in [0, 0.1) is 34.5 Å². The minimum absolute atomic E-state index is 0.0218. The van der Waals surface area contributed by atoms with Crippen molar-refractivity contribution in [3.05, 3.63) is 12.2 Å². The van der Waals surface area contributed by atoms with Gasteiger partial charge in [-0.3, -0.25) is 4.79 Å². The first-order chi connectivity index (χ1) is 11.9. The van der Waals surface area contributed by atoms with Crippen LogP contribution < -0.4 is 0 Å². The number of hydrogen-bond donors (Lipinski definition) is 0. The maximum Gasteiger partial charge on any atom is 0.309 e. The Bertz CT molecular complexity index is 614. The number of ether oxygens (including phenoxy) is 1. The lowest BCUT2D eigenvalue weighted by atomic mass is 9.49. The van der Waals surface area contributed by atoms with E-state index in [1.54, 1.807) is 7.11 Å². The molecule has 5 aliphatic rings. The maximum absolute atomic E-state index is 12.5. The van der Waals surface area contributed by atoms with Crippen LogP contribution in [-0.2, 0) is 14.4 Å². The van der Waals surface area contributed by atoms with Crippen LogP contribution in [0.25, 0.3) is 0 Å². The Morgan fingerprint density at radius 2 is 2.04 bits per heavy atom. The van der Waals surface area contributed by atoms with Crippen LogP contribution in [0.15, 0.2) is 17.3 Å². The summed E-state index contributed by atoms with van der Waals surface area (Å²) >= 11 is 0. The highest BCUT2D eigenvalue weighted by atomic mass is 16.6. The topological polar surface area (TPSA) is 47.9 Å². The van der Waals surface area contributed by atoms with Gasteiger partial charge in [-0.2, -0.15) is 0 Å². The number of hydrogen-bond acceptors (Lipinski definition) is 4. The summed E-state index contributed by atoms with van der Waals surface area (Å²) in [6.07, 6.45) is 9.82. The van der Waals surface area contributed by atoms with Crippen molar-refractivity contribution in [2.45, 2.75) is 64.9 Å². The van der Waals surface area contributed by atoms with E-state index >= 15 is 0 Å². The molecule has 3 aliphatic carbocycles. The largest absolute Gasteiger partial charge is 0.462 e. The van der Waals surface area contributed by atoms with Crippen molar-refractivity contribution >= 4 is 12.2 Å². The molecule has 5 rings (SSSR count). The molecule has 2 aliphatic heterocycles. The molecule has 1 unspecified atom stereocenters. The Hall–Kier alpha value is -1.32. The normalized spacial score (nSPS) is 49.3. The third kappa shape index (κ3) is 2.39. The van der Waals surface area contributed by atoms with Crippen molar-refractivity contribution in [2.24, 2.45) is 39.7 Å². The number of esters is 1. The second-order valence-electron chi connectivity index (χ2n) is 9.22. The Morgan fingerprint density at radius 1 is 1.24 bits per heavy atom. The van der Waals surface area contributed by atoms with Gasteiger partial charge < -0.3 is 9.57 Å². The molecule has 0 aromatic heterocycles. The quantitative estimate of drug-likeness (QED) is 0.331. The fourth-order valence-electron chi connectivity index (χ4n) is 6.77. The van der Waals surface area contributed by atoms with Gasteiger partial charge in [0.15, 0.2) is 0 Å². The first kappa shape index (κ1) is 17.1. The van der Waals surface area contributed by atoms with E-state index in [1.165, 1.54) is 18.4 Å². The third-order valence-corrected chi connectivity index (χ3v) is 8.28.